The molecule has 0 bridgehead atoms. The Hall–Kier alpha value is -2.01. The molecule has 1 fully saturated rings. The van der Waals surface area contributed by atoms with E-state index in [0.717, 1.165) is 5.56 Å². The van der Waals surface area contributed by atoms with Crippen LogP contribution in [0.25, 0.3) is 0 Å². The van der Waals surface area contributed by atoms with Crippen LogP contribution in [0.15, 0.2) is 52.5 Å². The van der Waals surface area contributed by atoms with E-state index in [1.54, 1.807) is 25.1 Å². The highest BCUT2D eigenvalue weighted by Crippen LogP contribution is 2.27. The van der Waals surface area contributed by atoms with Crippen molar-refractivity contribution < 1.29 is 21.6 Å². The molecule has 0 aliphatic carbocycles. The average Bonchev–Trinajstić information content (AvgIpc) is 2.74. The van der Waals surface area contributed by atoms with Gasteiger partial charge in [-0.3, -0.25) is 4.98 Å². The number of benzene rings is 1. The molecule has 1 aromatic carbocycles. The number of sulfonamides is 2. The molecular formula is C20H27N3O5S2. The first kappa shape index (κ1) is 22.7. The maximum absolute atomic E-state index is 12.8. The summed E-state index contributed by atoms with van der Waals surface area (Å²) < 4.78 is 60.6. The molecule has 164 valence electrons. The van der Waals surface area contributed by atoms with Gasteiger partial charge in [0.1, 0.15) is 15.5 Å². The second-order valence-electron chi connectivity index (χ2n) is 7.27. The minimum atomic E-state index is -3.74. The molecule has 0 atom stereocenters. The molecule has 1 N–H and O–H groups in total. The second kappa shape index (κ2) is 9.42. The summed E-state index contributed by atoms with van der Waals surface area (Å²) in [5.74, 6) is 0.383. The van der Waals surface area contributed by atoms with Gasteiger partial charge in [-0.05, 0) is 62.4 Å². The number of hydrogen-bond acceptors (Lipinski definition) is 6. The van der Waals surface area contributed by atoms with Crippen LogP contribution in [-0.2, 0) is 20.0 Å². The molecule has 1 aliphatic rings. The van der Waals surface area contributed by atoms with E-state index in [9.17, 15) is 16.8 Å². The third-order valence-corrected chi connectivity index (χ3v) is 8.42. The van der Waals surface area contributed by atoms with Crippen LogP contribution in [0.3, 0.4) is 0 Å². The molecule has 0 radical (unpaired) electrons. The van der Waals surface area contributed by atoms with Gasteiger partial charge >= 0.3 is 0 Å². The Morgan fingerprint density at radius 3 is 2.53 bits per heavy atom. The fraction of sp³-hybridized carbons (Fsp3) is 0.450. The molecule has 1 aliphatic heterocycles. The number of ether oxygens (including phenoxy) is 1. The lowest BCUT2D eigenvalue weighted by Crippen LogP contribution is -2.41. The molecule has 1 saturated heterocycles. The second-order valence-corrected chi connectivity index (χ2v) is 10.9. The molecule has 3 rings (SSSR count). The highest BCUT2D eigenvalue weighted by atomic mass is 32.2. The standard InChI is InChI=1S/C20H27N3O5S2/c1-3-28-19-7-6-16(2)13-20(19)29(24,25)22-14-17-8-11-23(12-9-17)30(26,27)18-5-4-10-21-15-18/h4-7,10,13,15,17,22H,3,8-9,11-12,14H2,1-2H3. The first-order valence-corrected chi connectivity index (χ1v) is 12.8. The van der Waals surface area contributed by atoms with Gasteiger partial charge in [-0.15, -0.1) is 0 Å². The van der Waals surface area contributed by atoms with Gasteiger partial charge in [0.25, 0.3) is 0 Å². The van der Waals surface area contributed by atoms with Crippen molar-refractivity contribution in [1.82, 2.24) is 14.0 Å². The Morgan fingerprint density at radius 2 is 1.90 bits per heavy atom. The highest BCUT2D eigenvalue weighted by molar-refractivity contribution is 7.89. The first-order valence-electron chi connectivity index (χ1n) is 9.87. The van der Waals surface area contributed by atoms with Crippen LogP contribution < -0.4 is 9.46 Å². The van der Waals surface area contributed by atoms with Crippen molar-refractivity contribution in [1.29, 1.82) is 0 Å². The van der Waals surface area contributed by atoms with E-state index in [1.807, 2.05) is 13.0 Å². The largest absolute Gasteiger partial charge is 0.492 e. The number of pyridine rings is 1. The van der Waals surface area contributed by atoms with Crippen LogP contribution in [0.5, 0.6) is 5.75 Å². The Morgan fingerprint density at radius 1 is 1.17 bits per heavy atom. The zero-order valence-corrected chi connectivity index (χ0v) is 18.7. The quantitative estimate of drug-likeness (QED) is 0.657. The molecule has 8 nitrogen and oxygen atoms in total. The summed E-state index contributed by atoms with van der Waals surface area (Å²) in [6.07, 6.45) is 4.03. The van der Waals surface area contributed by atoms with Gasteiger partial charge in [-0.1, -0.05) is 6.07 Å². The third kappa shape index (κ3) is 5.18. The highest BCUT2D eigenvalue weighted by Gasteiger charge is 2.30. The van der Waals surface area contributed by atoms with E-state index < -0.39 is 20.0 Å². The van der Waals surface area contributed by atoms with Gasteiger partial charge in [0, 0.05) is 32.0 Å². The molecule has 0 amide bonds. The number of aromatic nitrogens is 1. The normalized spacial score (nSPS) is 16.5. The van der Waals surface area contributed by atoms with Gasteiger partial charge in [0.05, 0.1) is 6.61 Å². The molecule has 30 heavy (non-hydrogen) atoms. The number of aryl methyl sites for hydroxylation is 1. The molecule has 1 aromatic heterocycles. The summed E-state index contributed by atoms with van der Waals surface area (Å²) in [4.78, 5) is 4.18. The summed E-state index contributed by atoms with van der Waals surface area (Å²) in [7, 11) is -7.31. The monoisotopic (exact) mass is 453 g/mol. The summed E-state index contributed by atoms with van der Waals surface area (Å²) in [5, 5.41) is 0. The van der Waals surface area contributed by atoms with E-state index in [4.69, 9.17) is 4.74 Å². The van der Waals surface area contributed by atoms with Gasteiger partial charge in [0.15, 0.2) is 0 Å². The van der Waals surface area contributed by atoms with E-state index in [1.165, 1.54) is 22.8 Å². The Kier molecular flexibility index (Phi) is 7.12. The van der Waals surface area contributed by atoms with Crippen LogP contribution in [0.4, 0.5) is 0 Å². The maximum atomic E-state index is 12.8. The first-order chi connectivity index (χ1) is 14.2. The fourth-order valence-electron chi connectivity index (χ4n) is 3.41. The van der Waals surface area contributed by atoms with Crippen LogP contribution in [0, 0.1) is 12.8 Å². The van der Waals surface area contributed by atoms with Crippen molar-refractivity contribution in [2.75, 3.05) is 26.2 Å². The van der Waals surface area contributed by atoms with E-state index in [-0.39, 0.29) is 22.3 Å². The van der Waals surface area contributed by atoms with E-state index in [0.29, 0.717) is 38.3 Å². The zero-order valence-electron chi connectivity index (χ0n) is 17.1. The number of hydrogen-bond donors (Lipinski definition) is 1. The molecular weight excluding hydrogens is 426 g/mol. The van der Waals surface area contributed by atoms with Gasteiger partial charge in [-0.25, -0.2) is 21.6 Å². The fourth-order valence-corrected chi connectivity index (χ4v) is 6.19. The van der Waals surface area contributed by atoms with Crippen molar-refractivity contribution >= 4 is 20.0 Å². The van der Waals surface area contributed by atoms with Crippen molar-refractivity contribution in [3.63, 3.8) is 0 Å². The lowest BCUT2D eigenvalue weighted by molar-refractivity contribution is 0.274. The SMILES string of the molecule is CCOc1ccc(C)cc1S(=O)(=O)NCC1CCN(S(=O)(=O)c2cccnc2)CC1. The minimum Gasteiger partial charge on any atom is -0.492 e. The number of nitrogens with one attached hydrogen (secondary N) is 1. The summed E-state index contributed by atoms with van der Waals surface area (Å²) >= 11 is 0. The lowest BCUT2D eigenvalue weighted by atomic mass is 9.99. The predicted octanol–water partition coefficient (Wildman–Crippen LogP) is 2.17. The van der Waals surface area contributed by atoms with Gasteiger partial charge in [0.2, 0.25) is 20.0 Å². The minimum absolute atomic E-state index is 0.0560. The molecule has 10 heteroatoms. The number of nitrogens with zero attached hydrogens (tertiary/aromatic N) is 2. The van der Waals surface area contributed by atoms with Crippen molar-refractivity contribution in [3.05, 3.63) is 48.3 Å². The number of rotatable bonds is 8. The van der Waals surface area contributed by atoms with Gasteiger partial charge < -0.3 is 4.74 Å². The van der Waals surface area contributed by atoms with E-state index in [2.05, 4.69) is 9.71 Å². The van der Waals surface area contributed by atoms with Crippen LogP contribution in [0.2, 0.25) is 0 Å². The molecule has 0 unspecified atom stereocenters. The predicted molar refractivity (Wildman–Crippen MR) is 113 cm³/mol. The maximum Gasteiger partial charge on any atom is 0.244 e. The van der Waals surface area contributed by atoms with Crippen molar-refractivity contribution in [2.24, 2.45) is 5.92 Å². The molecule has 2 heterocycles. The summed E-state index contributed by atoms with van der Waals surface area (Å²) in [6.45, 7) is 4.94. The molecule has 2 aromatic rings. The summed E-state index contributed by atoms with van der Waals surface area (Å²) in [5.41, 5.74) is 0.827. The zero-order chi connectivity index (χ0) is 21.8. The average molecular weight is 454 g/mol. The van der Waals surface area contributed by atoms with E-state index >= 15 is 0 Å². The molecule has 0 spiro atoms. The Labute approximate surface area is 178 Å². The molecule has 0 saturated carbocycles. The Bertz CT molecular complexity index is 1060. The van der Waals surface area contributed by atoms with Crippen molar-refractivity contribution in [2.45, 2.75) is 36.5 Å². The van der Waals surface area contributed by atoms with Gasteiger partial charge in [-0.2, -0.15) is 4.31 Å². The topological polar surface area (TPSA) is 106 Å². The lowest BCUT2D eigenvalue weighted by Gasteiger charge is -2.31. The number of piperidine rings is 1. The summed E-state index contributed by atoms with van der Waals surface area (Å²) in [6, 6.07) is 8.19. The van der Waals surface area contributed by atoms with Crippen molar-refractivity contribution in [3.8, 4) is 5.75 Å². The third-order valence-electron chi connectivity index (χ3n) is 5.10. The van der Waals surface area contributed by atoms with Crippen LogP contribution in [0.1, 0.15) is 25.3 Å². The smallest absolute Gasteiger partial charge is 0.244 e. The van der Waals surface area contributed by atoms with Crippen LogP contribution in [-0.4, -0.2) is 52.4 Å². The Balaban J connectivity index is 1.61. The van der Waals surface area contributed by atoms with Crippen LogP contribution >= 0.6 is 0 Å².